The zero-order valence-electron chi connectivity index (χ0n) is 8.00. The topological polar surface area (TPSA) is 47.6 Å². The smallest absolute Gasteiger partial charge is 0.311 e. The van der Waals surface area contributed by atoms with E-state index in [4.69, 9.17) is 9.05 Å². The second-order valence-corrected chi connectivity index (χ2v) is 4.76. The first-order chi connectivity index (χ1) is 5.68. The molecule has 5 heteroatoms. The summed E-state index contributed by atoms with van der Waals surface area (Å²) < 4.78 is 20.9. The fraction of sp³-hybridized carbons (Fsp3) is 1.00. The van der Waals surface area contributed by atoms with Crippen LogP contribution in [0.25, 0.3) is 0 Å². The highest BCUT2D eigenvalue weighted by Gasteiger charge is 2.19. The molecule has 0 aromatic heterocycles. The van der Waals surface area contributed by atoms with Crippen molar-refractivity contribution < 1.29 is 13.6 Å². The minimum absolute atomic E-state index is 0.292. The quantitative estimate of drug-likeness (QED) is 0.497. The Kier molecular flexibility index (Phi) is 6.67. The fourth-order valence-electron chi connectivity index (χ4n) is 0.721. The zero-order chi connectivity index (χ0) is 9.45. The number of nitrogens with one attached hydrogen (secondary N) is 1. The average molecular weight is 195 g/mol. The van der Waals surface area contributed by atoms with Crippen molar-refractivity contribution in [2.24, 2.45) is 0 Å². The summed E-state index contributed by atoms with van der Waals surface area (Å²) in [6.07, 6.45) is 2.49. The molecule has 4 nitrogen and oxygen atoms in total. The summed E-state index contributed by atoms with van der Waals surface area (Å²) in [5, 5.41) is 3.02. The lowest BCUT2D eigenvalue weighted by molar-refractivity contribution is 0.273. The molecule has 0 spiro atoms. The molecule has 0 aliphatic heterocycles. The van der Waals surface area contributed by atoms with E-state index in [1.807, 2.05) is 0 Å². The lowest BCUT2D eigenvalue weighted by Crippen LogP contribution is -2.17. The number of rotatable bonds is 7. The molecule has 0 saturated heterocycles. The maximum Gasteiger partial charge on any atom is 0.343 e. The third kappa shape index (κ3) is 4.88. The summed E-state index contributed by atoms with van der Waals surface area (Å²) in [5.74, 6) is 0. The molecule has 0 aromatic carbocycles. The van der Waals surface area contributed by atoms with E-state index < -0.39 is 7.60 Å². The Bertz CT molecular complexity index is 144. The van der Waals surface area contributed by atoms with Gasteiger partial charge in [-0.1, -0.05) is 13.3 Å². The maximum absolute atomic E-state index is 11.4. The third-order valence-corrected chi connectivity index (χ3v) is 3.29. The Morgan fingerprint density at radius 2 is 1.92 bits per heavy atom. The zero-order valence-corrected chi connectivity index (χ0v) is 8.89. The lowest BCUT2D eigenvalue weighted by atomic mass is 10.3. The molecular weight excluding hydrogens is 177 g/mol. The molecule has 0 atom stereocenters. The van der Waals surface area contributed by atoms with E-state index in [0.717, 1.165) is 19.4 Å². The van der Waals surface area contributed by atoms with Crippen molar-refractivity contribution in [2.45, 2.75) is 19.8 Å². The molecule has 0 heterocycles. The summed E-state index contributed by atoms with van der Waals surface area (Å²) in [5.41, 5.74) is 0. The Hall–Kier alpha value is 0.110. The van der Waals surface area contributed by atoms with Gasteiger partial charge in [0.25, 0.3) is 0 Å². The SMILES string of the molecule is CCCCNCP(=O)(OC)OC. The van der Waals surface area contributed by atoms with Crippen LogP contribution >= 0.6 is 7.60 Å². The number of hydrogen-bond donors (Lipinski definition) is 1. The average Bonchev–Trinajstić information content (AvgIpc) is 2.12. The van der Waals surface area contributed by atoms with Gasteiger partial charge in [-0.2, -0.15) is 0 Å². The van der Waals surface area contributed by atoms with Crippen LogP contribution in [-0.2, 0) is 13.6 Å². The predicted molar refractivity (Wildman–Crippen MR) is 49.4 cm³/mol. The van der Waals surface area contributed by atoms with Crippen molar-refractivity contribution in [3.63, 3.8) is 0 Å². The predicted octanol–water partition coefficient (Wildman–Crippen LogP) is 1.82. The highest BCUT2D eigenvalue weighted by atomic mass is 31.2. The first-order valence-electron chi connectivity index (χ1n) is 4.09. The van der Waals surface area contributed by atoms with Crippen LogP contribution in [0.1, 0.15) is 19.8 Å². The van der Waals surface area contributed by atoms with Gasteiger partial charge in [-0.15, -0.1) is 0 Å². The van der Waals surface area contributed by atoms with Crippen molar-refractivity contribution in [3.8, 4) is 0 Å². The van der Waals surface area contributed by atoms with E-state index in [1.165, 1.54) is 14.2 Å². The van der Waals surface area contributed by atoms with Crippen molar-refractivity contribution >= 4 is 7.60 Å². The molecule has 0 amide bonds. The molecule has 12 heavy (non-hydrogen) atoms. The van der Waals surface area contributed by atoms with Crippen LogP contribution in [0.3, 0.4) is 0 Å². The minimum atomic E-state index is -2.83. The molecule has 0 rings (SSSR count). The molecule has 0 radical (unpaired) electrons. The van der Waals surface area contributed by atoms with E-state index in [2.05, 4.69) is 12.2 Å². The van der Waals surface area contributed by atoms with Crippen LogP contribution in [0.15, 0.2) is 0 Å². The van der Waals surface area contributed by atoms with E-state index in [9.17, 15) is 4.57 Å². The molecule has 0 fully saturated rings. The van der Waals surface area contributed by atoms with Crippen LogP contribution in [0.4, 0.5) is 0 Å². The van der Waals surface area contributed by atoms with Crippen LogP contribution in [0, 0.1) is 0 Å². The molecule has 0 aliphatic carbocycles. The molecule has 0 aliphatic rings. The van der Waals surface area contributed by atoms with Gasteiger partial charge in [0.15, 0.2) is 0 Å². The van der Waals surface area contributed by atoms with Gasteiger partial charge in [-0.25, -0.2) is 0 Å². The fourth-order valence-corrected chi connectivity index (χ4v) is 1.56. The third-order valence-electron chi connectivity index (χ3n) is 1.57. The maximum atomic E-state index is 11.4. The van der Waals surface area contributed by atoms with Gasteiger partial charge in [-0.3, -0.25) is 4.57 Å². The molecule has 1 N–H and O–H groups in total. The van der Waals surface area contributed by atoms with Gasteiger partial charge in [0, 0.05) is 14.2 Å². The molecule has 0 unspecified atom stereocenters. The normalized spacial score (nSPS) is 11.9. The van der Waals surface area contributed by atoms with Gasteiger partial charge < -0.3 is 14.4 Å². The van der Waals surface area contributed by atoms with E-state index >= 15 is 0 Å². The first kappa shape index (κ1) is 12.1. The van der Waals surface area contributed by atoms with E-state index in [-0.39, 0.29) is 0 Å². The lowest BCUT2D eigenvalue weighted by Gasteiger charge is -2.13. The highest BCUT2D eigenvalue weighted by molar-refractivity contribution is 7.53. The van der Waals surface area contributed by atoms with Crippen molar-refractivity contribution in [2.75, 3.05) is 27.1 Å². The van der Waals surface area contributed by atoms with E-state index in [0.29, 0.717) is 6.29 Å². The van der Waals surface area contributed by atoms with Crippen molar-refractivity contribution in [1.29, 1.82) is 0 Å². The van der Waals surface area contributed by atoms with Gasteiger partial charge in [0.1, 0.15) is 0 Å². The standard InChI is InChI=1S/C7H18NO3P/c1-4-5-6-8-7-12(9,10-2)11-3/h8H,4-7H2,1-3H3. The van der Waals surface area contributed by atoms with Crippen LogP contribution in [0.5, 0.6) is 0 Å². The molecule has 0 bridgehead atoms. The monoisotopic (exact) mass is 195 g/mol. The Balaban J connectivity index is 3.52. The summed E-state index contributed by atoms with van der Waals surface area (Å²) in [7, 11) is -0.0432. The van der Waals surface area contributed by atoms with Crippen molar-refractivity contribution in [1.82, 2.24) is 5.32 Å². The molecule has 0 aromatic rings. The Morgan fingerprint density at radius 3 is 2.33 bits per heavy atom. The van der Waals surface area contributed by atoms with Gasteiger partial charge in [0.05, 0.1) is 6.29 Å². The van der Waals surface area contributed by atoms with Crippen LogP contribution in [0.2, 0.25) is 0 Å². The van der Waals surface area contributed by atoms with Crippen LogP contribution in [-0.4, -0.2) is 27.1 Å². The highest BCUT2D eigenvalue weighted by Crippen LogP contribution is 2.44. The summed E-state index contributed by atoms with van der Waals surface area (Å²) >= 11 is 0. The summed E-state index contributed by atoms with van der Waals surface area (Å²) in [4.78, 5) is 0. The summed E-state index contributed by atoms with van der Waals surface area (Å²) in [6.45, 7) is 2.96. The minimum Gasteiger partial charge on any atom is -0.311 e. The summed E-state index contributed by atoms with van der Waals surface area (Å²) in [6, 6.07) is 0. The number of hydrogen-bond acceptors (Lipinski definition) is 4. The van der Waals surface area contributed by atoms with Crippen LogP contribution < -0.4 is 5.32 Å². The first-order valence-corrected chi connectivity index (χ1v) is 5.82. The second-order valence-electron chi connectivity index (χ2n) is 2.49. The Labute approximate surface area is 74.2 Å². The Morgan fingerprint density at radius 1 is 1.33 bits per heavy atom. The van der Waals surface area contributed by atoms with Gasteiger partial charge in [0.2, 0.25) is 0 Å². The van der Waals surface area contributed by atoms with Gasteiger partial charge >= 0.3 is 7.60 Å². The van der Waals surface area contributed by atoms with Crippen molar-refractivity contribution in [3.05, 3.63) is 0 Å². The molecule has 0 saturated carbocycles. The second kappa shape index (κ2) is 6.61. The molecular formula is C7H18NO3P. The number of unbranched alkanes of at least 4 members (excludes halogenated alkanes) is 1. The van der Waals surface area contributed by atoms with E-state index in [1.54, 1.807) is 0 Å². The molecule has 74 valence electrons. The largest absolute Gasteiger partial charge is 0.343 e. The van der Waals surface area contributed by atoms with Gasteiger partial charge in [-0.05, 0) is 13.0 Å².